The van der Waals surface area contributed by atoms with Gasteiger partial charge in [-0.3, -0.25) is 4.79 Å². The summed E-state index contributed by atoms with van der Waals surface area (Å²) in [6.45, 7) is 0. The number of sulfonamides is 1. The van der Waals surface area contributed by atoms with E-state index in [1.807, 2.05) is 30.3 Å². The van der Waals surface area contributed by atoms with Crippen LogP contribution in [-0.4, -0.2) is 44.9 Å². The van der Waals surface area contributed by atoms with Gasteiger partial charge in [0.1, 0.15) is 6.04 Å². The predicted molar refractivity (Wildman–Crippen MR) is 103 cm³/mol. The van der Waals surface area contributed by atoms with E-state index in [0.717, 1.165) is 17.4 Å². The third kappa shape index (κ3) is 6.39. The van der Waals surface area contributed by atoms with E-state index in [0.29, 0.717) is 11.3 Å². The van der Waals surface area contributed by atoms with Crippen LogP contribution in [0.15, 0.2) is 48.5 Å². The quantitative estimate of drug-likeness (QED) is 0.571. The third-order valence-corrected chi connectivity index (χ3v) is 4.44. The average molecular weight is 391 g/mol. The summed E-state index contributed by atoms with van der Waals surface area (Å²) >= 11 is 0. The van der Waals surface area contributed by atoms with Crippen molar-refractivity contribution in [2.45, 2.75) is 12.5 Å². The van der Waals surface area contributed by atoms with Gasteiger partial charge in [0.15, 0.2) is 0 Å². The van der Waals surface area contributed by atoms with Gasteiger partial charge in [-0.2, -0.15) is 0 Å². The summed E-state index contributed by atoms with van der Waals surface area (Å²) in [5, 5.41) is 14.4. The molecule has 0 aliphatic rings. The number of nitrogens with one attached hydrogen (secondary N) is 3. The Morgan fingerprint density at radius 1 is 1.07 bits per heavy atom. The number of aliphatic carboxylic acids is 1. The number of benzene rings is 2. The van der Waals surface area contributed by atoms with Crippen molar-refractivity contribution in [3.63, 3.8) is 0 Å². The first kappa shape index (κ1) is 20.4. The van der Waals surface area contributed by atoms with E-state index in [9.17, 15) is 23.1 Å². The molecular weight excluding hydrogens is 370 g/mol. The second kappa shape index (κ2) is 8.65. The maximum Gasteiger partial charge on any atom is 0.322 e. The largest absolute Gasteiger partial charge is 0.480 e. The van der Waals surface area contributed by atoms with Crippen LogP contribution in [0.2, 0.25) is 0 Å². The van der Waals surface area contributed by atoms with Crippen molar-refractivity contribution in [1.82, 2.24) is 10.0 Å². The Bertz CT molecular complexity index is 926. The van der Waals surface area contributed by atoms with Crippen molar-refractivity contribution in [3.05, 3.63) is 54.1 Å². The number of carbonyl (C=O) groups excluding carboxylic acids is 1. The van der Waals surface area contributed by atoms with Crippen LogP contribution in [0.1, 0.15) is 5.56 Å². The Morgan fingerprint density at radius 3 is 2.30 bits per heavy atom. The molecule has 8 nitrogen and oxygen atoms in total. The molecule has 0 saturated heterocycles. The van der Waals surface area contributed by atoms with Crippen LogP contribution in [0.25, 0.3) is 11.1 Å². The van der Waals surface area contributed by atoms with Gasteiger partial charge in [-0.25, -0.2) is 17.9 Å². The molecule has 0 radical (unpaired) electrons. The first-order valence-corrected chi connectivity index (χ1v) is 9.95. The van der Waals surface area contributed by atoms with Gasteiger partial charge in [0.05, 0.1) is 6.26 Å². The number of amides is 2. The topological polar surface area (TPSA) is 125 Å². The summed E-state index contributed by atoms with van der Waals surface area (Å²) in [6.07, 6.45) is 0.951. The lowest BCUT2D eigenvalue weighted by Crippen LogP contribution is -2.41. The van der Waals surface area contributed by atoms with Crippen molar-refractivity contribution < 1.29 is 23.1 Å². The standard InChI is InChI=1S/C18H21N3O5S/c1-19-18(24)20-15-5-3-4-14(11-15)13-8-6-12(7-9-13)10-16(17(22)23)21-27(2,25)26/h3-9,11,16,21H,10H2,1-2H3,(H,22,23)(H2,19,20,24)/t16-/m0/s1. The summed E-state index contributed by atoms with van der Waals surface area (Å²) in [7, 11) is -2.10. The van der Waals surface area contributed by atoms with Crippen molar-refractivity contribution >= 4 is 27.7 Å². The van der Waals surface area contributed by atoms with Gasteiger partial charge in [-0.15, -0.1) is 0 Å². The van der Waals surface area contributed by atoms with E-state index in [-0.39, 0.29) is 12.5 Å². The first-order chi connectivity index (χ1) is 12.7. The second-order valence-electron chi connectivity index (χ2n) is 5.97. The molecule has 0 aromatic heterocycles. The predicted octanol–water partition coefficient (Wildman–Crippen LogP) is 1.65. The Balaban J connectivity index is 2.16. The lowest BCUT2D eigenvalue weighted by atomic mass is 10.0. The van der Waals surface area contributed by atoms with Gasteiger partial charge in [0, 0.05) is 12.7 Å². The zero-order chi connectivity index (χ0) is 20.0. The molecule has 0 aliphatic carbocycles. The highest BCUT2D eigenvalue weighted by molar-refractivity contribution is 7.88. The van der Waals surface area contributed by atoms with Gasteiger partial charge in [0.2, 0.25) is 10.0 Å². The third-order valence-electron chi connectivity index (χ3n) is 3.73. The molecule has 9 heteroatoms. The molecule has 2 rings (SSSR count). The van der Waals surface area contributed by atoms with Crippen molar-refractivity contribution in [1.29, 1.82) is 0 Å². The number of carboxylic acid groups (broad SMARTS) is 1. The van der Waals surface area contributed by atoms with Crippen molar-refractivity contribution in [2.75, 3.05) is 18.6 Å². The van der Waals surface area contributed by atoms with Crippen LogP contribution in [0, 0.1) is 0 Å². The minimum atomic E-state index is -3.63. The molecule has 0 saturated carbocycles. The molecule has 0 aliphatic heterocycles. The minimum Gasteiger partial charge on any atom is -0.480 e. The van der Waals surface area contributed by atoms with E-state index in [2.05, 4.69) is 15.4 Å². The number of urea groups is 1. The van der Waals surface area contributed by atoms with Gasteiger partial charge in [-0.05, 0) is 35.2 Å². The summed E-state index contributed by atoms with van der Waals surface area (Å²) in [5.74, 6) is -1.24. The molecule has 0 bridgehead atoms. The number of hydrogen-bond acceptors (Lipinski definition) is 4. The number of carboxylic acids is 1. The molecule has 2 aromatic carbocycles. The van der Waals surface area contributed by atoms with E-state index < -0.39 is 22.0 Å². The summed E-state index contributed by atoms with van der Waals surface area (Å²) in [6, 6.07) is 12.8. The molecule has 0 spiro atoms. The smallest absolute Gasteiger partial charge is 0.322 e. The van der Waals surface area contributed by atoms with E-state index >= 15 is 0 Å². The van der Waals surface area contributed by atoms with E-state index in [1.54, 1.807) is 18.2 Å². The second-order valence-corrected chi connectivity index (χ2v) is 7.75. The van der Waals surface area contributed by atoms with Crippen LogP contribution in [0.4, 0.5) is 10.5 Å². The maximum atomic E-state index is 11.4. The molecule has 4 N–H and O–H groups in total. The molecule has 1 atom stereocenters. The highest BCUT2D eigenvalue weighted by Gasteiger charge is 2.21. The van der Waals surface area contributed by atoms with Gasteiger partial charge in [-0.1, -0.05) is 36.4 Å². The fourth-order valence-corrected chi connectivity index (χ4v) is 3.18. The molecule has 2 aromatic rings. The molecular formula is C18H21N3O5S. The lowest BCUT2D eigenvalue weighted by molar-refractivity contribution is -0.138. The van der Waals surface area contributed by atoms with Crippen LogP contribution < -0.4 is 15.4 Å². The minimum absolute atomic E-state index is 0.0287. The SMILES string of the molecule is CNC(=O)Nc1cccc(-c2ccc(C[C@H](NS(C)(=O)=O)C(=O)O)cc2)c1. The van der Waals surface area contributed by atoms with Crippen LogP contribution >= 0.6 is 0 Å². The molecule has 0 heterocycles. The molecule has 0 unspecified atom stereocenters. The Hall–Kier alpha value is -2.91. The molecule has 27 heavy (non-hydrogen) atoms. The highest BCUT2D eigenvalue weighted by atomic mass is 32.2. The maximum absolute atomic E-state index is 11.4. The van der Waals surface area contributed by atoms with Crippen molar-refractivity contribution in [3.8, 4) is 11.1 Å². The summed E-state index contributed by atoms with van der Waals surface area (Å²) < 4.78 is 24.7. The van der Waals surface area contributed by atoms with Gasteiger partial charge >= 0.3 is 12.0 Å². The zero-order valence-corrected chi connectivity index (χ0v) is 15.7. The Kier molecular flexibility index (Phi) is 6.54. The molecule has 144 valence electrons. The number of hydrogen-bond donors (Lipinski definition) is 4. The number of anilines is 1. The average Bonchev–Trinajstić information content (AvgIpc) is 2.60. The summed E-state index contributed by atoms with van der Waals surface area (Å²) in [4.78, 5) is 22.7. The van der Waals surface area contributed by atoms with E-state index in [4.69, 9.17) is 0 Å². The molecule has 0 fully saturated rings. The monoisotopic (exact) mass is 391 g/mol. The zero-order valence-electron chi connectivity index (χ0n) is 14.9. The van der Waals surface area contributed by atoms with Crippen LogP contribution in [0.5, 0.6) is 0 Å². The van der Waals surface area contributed by atoms with Crippen LogP contribution in [-0.2, 0) is 21.2 Å². The van der Waals surface area contributed by atoms with Gasteiger partial charge in [0.25, 0.3) is 0 Å². The Labute approximate surface area is 157 Å². The highest BCUT2D eigenvalue weighted by Crippen LogP contribution is 2.23. The molecule has 2 amide bonds. The fourth-order valence-electron chi connectivity index (χ4n) is 2.48. The van der Waals surface area contributed by atoms with Crippen LogP contribution in [0.3, 0.4) is 0 Å². The van der Waals surface area contributed by atoms with Gasteiger partial charge < -0.3 is 15.7 Å². The Morgan fingerprint density at radius 2 is 1.74 bits per heavy atom. The van der Waals surface area contributed by atoms with E-state index in [1.165, 1.54) is 7.05 Å². The lowest BCUT2D eigenvalue weighted by Gasteiger charge is -2.13. The fraction of sp³-hybridized carbons (Fsp3) is 0.222. The first-order valence-electron chi connectivity index (χ1n) is 8.06. The normalized spacial score (nSPS) is 12.2. The van der Waals surface area contributed by atoms with Crippen molar-refractivity contribution in [2.24, 2.45) is 0 Å². The number of carbonyl (C=O) groups is 2. The number of rotatable bonds is 7. The summed E-state index contributed by atoms with van der Waals surface area (Å²) in [5.41, 5.74) is 3.07.